The van der Waals surface area contributed by atoms with E-state index in [4.69, 9.17) is 5.26 Å². The lowest BCUT2D eigenvalue weighted by molar-refractivity contribution is -0.137. The molecule has 0 N–H and O–H groups in total. The Labute approximate surface area is 184 Å². The summed E-state index contributed by atoms with van der Waals surface area (Å²) in [4.78, 5) is 16.6. The summed E-state index contributed by atoms with van der Waals surface area (Å²) in [5.74, 6) is 1.22. The molecule has 1 aliphatic rings. The van der Waals surface area contributed by atoms with Gasteiger partial charge >= 0.3 is 6.18 Å². The van der Waals surface area contributed by atoms with E-state index in [9.17, 15) is 18.0 Å². The van der Waals surface area contributed by atoms with Gasteiger partial charge in [-0.3, -0.25) is 9.69 Å². The number of rotatable bonds is 6. The molecule has 4 nitrogen and oxygen atoms in total. The Hall–Kier alpha value is -2.50. The van der Waals surface area contributed by atoms with Gasteiger partial charge in [0.2, 0.25) is 5.91 Å². The first-order chi connectivity index (χ1) is 14.8. The number of carbonyl (C=O) groups is 1. The Morgan fingerprint density at radius 2 is 1.65 bits per heavy atom. The second-order valence-corrected chi connectivity index (χ2v) is 8.49. The number of nitriles is 1. The lowest BCUT2D eigenvalue weighted by Crippen LogP contribution is -2.36. The molecule has 31 heavy (non-hydrogen) atoms. The highest BCUT2D eigenvalue weighted by atomic mass is 32.2. The van der Waals surface area contributed by atoms with E-state index in [2.05, 4.69) is 11.0 Å². The number of amides is 1. The van der Waals surface area contributed by atoms with Crippen LogP contribution in [-0.4, -0.2) is 47.6 Å². The molecular weight excluding hydrogens is 423 g/mol. The van der Waals surface area contributed by atoms with Gasteiger partial charge in [0, 0.05) is 38.5 Å². The van der Waals surface area contributed by atoms with Gasteiger partial charge < -0.3 is 4.90 Å². The summed E-state index contributed by atoms with van der Waals surface area (Å²) in [5.41, 5.74) is 1.90. The normalized spacial score (nSPS) is 15.4. The van der Waals surface area contributed by atoms with Crippen LogP contribution < -0.4 is 0 Å². The fourth-order valence-corrected chi connectivity index (χ4v) is 4.35. The van der Waals surface area contributed by atoms with Gasteiger partial charge in [0.05, 0.1) is 22.9 Å². The number of nitrogens with zero attached hydrogens (tertiary/aromatic N) is 3. The second-order valence-electron chi connectivity index (χ2n) is 7.51. The number of hydrogen-bond acceptors (Lipinski definition) is 4. The minimum atomic E-state index is -4.32. The van der Waals surface area contributed by atoms with Gasteiger partial charge in [-0.25, -0.2) is 0 Å². The molecule has 1 fully saturated rings. The summed E-state index contributed by atoms with van der Waals surface area (Å²) in [6.45, 7) is 3.40. The standard InChI is InChI=1S/C23H24F3N3OS/c24-23(25,26)21-8-6-19(7-9-21)15-28-10-1-11-29(13-12-28)22(30)17-31-16-20-4-2-18(14-27)3-5-20/h2-9H,1,10-13,15-17H2. The molecule has 0 atom stereocenters. The number of thioether (sulfide) groups is 1. The molecule has 8 heteroatoms. The van der Waals surface area contributed by atoms with Gasteiger partial charge in [0.15, 0.2) is 0 Å². The number of carbonyl (C=O) groups excluding carboxylic acids is 1. The van der Waals surface area contributed by atoms with Crippen molar-refractivity contribution in [1.29, 1.82) is 5.26 Å². The summed E-state index contributed by atoms with van der Waals surface area (Å²) in [6, 6.07) is 14.7. The molecular formula is C23H24F3N3OS. The van der Waals surface area contributed by atoms with Gasteiger partial charge in [-0.1, -0.05) is 24.3 Å². The highest BCUT2D eigenvalue weighted by molar-refractivity contribution is 7.99. The van der Waals surface area contributed by atoms with Crippen LogP contribution in [0.25, 0.3) is 0 Å². The zero-order valence-electron chi connectivity index (χ0n) is 17.1. The molecule has 0 unspecified atom stereocenters. The molecule has 0 aliphatic carbocycles. The fraction of sp³-hybridized carbons (Fsp3) is 0.391. The van der Waals surface area contributed by atoms with Gasteiger partial charge in [-0.05, 0) is 41.8 Å². The molecule has 1 saturated heterocycles. The minimum Gasteiger partial charge on any atom is -0.341 e. The van der Waals surface area contributed by atoms with Crippen molar-refractivity contribution in [3.05, 3.63) is 70.8 Å². The topological polar surface area (TPSA) is 47.3 Å². The van der Waals surface area contributed by atoms with E-state index >= 15 is 0 Å². The SMILES string of the molecule is N#Cc1ccc(CSCC(=O)N2CCCN(Cc3ccc(C(F)(F)F)cc3)CC2)cc1. The van der Waals surface area contributed by atoms with Crippen LogP contribution in [-0.2, 0) is 23.3 Å². The van der Waals surface area contributed by atoms with Crippen LogP contribution in [0.3, 0.4) is 0 Å². The number of alkyl halides is 3. The monoisotopic (exact) mass is 447 g/mol. The Morgan fingerprint density at radius 1 is 0.968 bits per heavy atom. The lowest BCUT2D eigenvalue weighted by atomic mass is 10.1. The van der Waals surface area contributed by atoms with E-state index in [1.165, 1.54) is 12.1 Å². The van der Waals surface area contributed by atoms with Crippen LogP contribution in [0.2, 0.25) is 0 Å². The first-order valence-corrected chi connectivity index (χ1v) is 11.2. The molecule has 0 bridgehead atoms. The smallest absolute Gasteiger partial charge is 0.341 e. The van der Waals surface area contributed by atoms with Crippen molar-refractivity contribution in [3.8, 4) is 6.07 Å². The molecule has 0 radical (unpaired) electrons. The van der Waals surface area contributed by atoms with Crippen LogP contribution >= 0.6 is 11.8 Å². The van der Waals surface area contributed by atoms with Gasteiger partial charge in [-0.2, -0.15) is 18.4 Å². The Morgan fingerprint density at radius 3 is 2.29 bits per heavy atom. The van der Waals surface area contributed by atoms with E-state index in [-0.39, 0.29) is 5.91 Å². The van der Waals surface area contributed by atoms with Crippen molar-refractivity contribution < 1.29 is 18.0 Å². The van der Waals surface area contributed by atoms with Crippen LogP contribution in [0.15, 0.2) is 48.5 Å². The highest BCUT2D eigenvalue weighted by Gasteiger charge is 2.30. The first-order valence-electron chi connectivity index (χ1n) is 10.1. The van der Waals surface area contributed by atoms with Crippen LogP contribution in [0.1, 0.15) is 28.7 Å². The summed E-state index contributed by atoms with van der Waals surface area (Å²) in [6.07, 6.45) is -3.48. The van der Waals surface area contributed by atoms with Crippen molar-refractivity contribution >= 4 is 17.7 Å². The molecule has 3 rings (SSSR count). The predicted molar refractivity (Wildman–Crippen MR) is 115 cm³/mol. The predicted octanol–water partition coefficient (Wildman–Crippen LogP) is 4.54. The molecule has 0 aromatic heterocycles. The summed E-state index contributed by atoms with van der Waals surface area (Å²) >= 11 is 1.56. The number of benzene rings is 2. The van der Waals surface area contributed by atoms with E-state index in [0.717, 1.165) is 36.2 Å². The van der Waals surface area contributed by atoms with Crippen molar-refractivity contribution in [3.63, 3.8) is 0 Å². The van der Waals surface area contributed by atoms with Crippen molar-refractivity contribution in [2.75, 3.05) is 31.9 Å². The average molecular weight is 448 g/mol. The molecule has 2 aromatic carbocycles. The Bertz CT molecular complexity index is 908. The van der Waals surface area contributed by atoms with Crippen molar-refractivity contribution in [1.82, 2.24) is 9.80 Å². The third-order valence-electron chi connectivity index (χ3n) is 5.21. The maximum Gasteiger partial charge on any atom is 0.416 e. The summed E-state index contributed by atoms with van der Waals surface area (Å²) in [7, 11) is 0. The quantitative estimate of drug-likeness (QED) is 0.652. The first kappa shape index (κ1) is 23.2. The van der Waals surface area contributed by atoms with Gasteiger partial charge in [0.25, 0.3) is 0 Å². The third-order valence-corrected chi connectivity index (χ3v) is 6.19. The molecule has 1 amide bonds. The molecule has 0 saturated carbocycles. The Kier molecular flexibility index (Phi) is 7.99. The van der Waals surface area contributed by atoms with Gasteiger partial charge in [0.1, 0.15) is 0 Å². The van der Waals surface area contributed by atoms with E-state index in [1.807, 2.05) is 17.0 Å². The fourth-order valence-electron chi connectivity index (χ4n) is 3.46. The average Bonchev–Trinajstić information content (AvgIpc) is 2.99. The maximum absolute atomic E-state index is 12.7. The van der Waals surface area contributed by atoms with Crippen molar-refractivity contribution in [2.45, 2.75) is 24.9 Å². The zero-order valence-corrected chi connectivity index (χ0v) is 17.9. The maximum atomic E-state index is 12.7. The third kappa shape index (κ3) is 7.01. The van der Waals surface area contributed by atoms with E-state index in [0.29, 0.717) is 43.2 Å². The van der Waals surface area contributed by atoms with Crippen LogP contribution in [0.4, 0.5) is 13.2 Å². The lowest BCUT2D eigenvalue weighted by Gasteiger charge is -2.22. The second kappa shape index (κ2) is 10.7. The van der Waals surface area contributed by atoms with Crippen molar-refractivity contribution in [2.24, 2.45) is 0 Å². The molecule has 1 aliphatic heterocycles. The number of halogens is 3. The van der Waals surface area contributed by atoms with Gasteiger partial charge in [-0.15, -0.1) is 11.8 Å². The Balaban J connectivity index is 1.43. The highest BCUT2D eigenvalue weighted by Crippen LogP contribution is 2.29. The summed E-state index contributed by atoms with van der Waals surface area (Å²) < 4.78 is 38.1. The molecule has 164 valence electrons. The minimum absolute atomic E-state index is 0.107. The largest absolute Gasteiger partial charge is 0.416 e. The zero-order chi connectivity index (χ0) is 22.3. The molecule has 2 aromatic rings. The summed E-state index contributed by atoms with van der Waals surface area (Å²) in [5, 5.41) is 8.84. The molecule has 1 heterocycles. The van der Waals surface area contributed by atoms with Crippen LogP contribution in [0, 0.1) is 11.3 Å². The van der Waals surface area contributed by atoms with E-state index in [1.54, 1.807) is 23.9 Å². The molecule has 0 spiro atoms. The van der Waals surface area contributed by atoms with Crippen LogP contribution in [0.5, 0.6) is 0 Å². The number of hydrogen-bond donors (Lipinski definition) is 0. The van der Waals surface area contributed by atoms with E-state index < -0.39 is 11.7 Å².